The number of anilines is 1. The average molecular weight is 252 g/mol. The third-order valence-electron chi connectivity index (χ3n) is 2.79. The van der Waals surface area contributed by atoms with Crippen molar-refractivity contribution in [1.29, 1.82) is 0 Å². The van der Waals surface area contributed by atoms with Crippen molar-refractivity contribution in [3.63, 3.8) is 0 Å². The lowest BCUT2D eigenvalue weighted by Crippen LogP contribution is -2.10. The van der Waals surface area contributed by atoms with Crippen LogP contribution in [0.3, 0.4) is 0 Å². The fraction of sp³-hybridized carbons (Fsp3) is 0.333. The highest BCUT2D eigenvalue weighted by atomic mass is 35.5. The Morgan fingerprint density at radius 2 is 2.06 bits per heavy atom. The van der Waals surface area contributed by atoms with Crippen LogP contribution in [0.4, 0.5) is 5.82 Å². The van der Waals surface area contributed by atoms with Gasteiger partial charge in [-0.05, 0) is 44.0 Å². The van der Waals surface area contributed by atoms with Gasteiger partial charge in [-0.3, -0.25) is 0 Å². The lowest BCUT2D eigenvalue weighted by atomic mass is 10.2. The van der Waals surface area contributed by atoms with E-state index in [9.17, 15) is 0 Å². The molecule has 0 bridgehead atoms. The first-order valence-corrected chi connectivity index (χ1v) is 5.76. The summed E-state index contributed by atoms with van der Waals surface area (Å²) in [5.41, 5.74) is 1.94. The summed E-state index contributed by atoms with van der Waals surface area (Å²) in [7, 11) is 0. The quantitative estimate of drug-likeness (QED) is 0.907. The molecule has 4 nitrogen and oxygen atoms in total. The molecule has 0 fully saturated rings. The molecule has 0 aliphatic heterocycles. The van der Waals surface area contributed by atoms with E-state index in [2.05, 4.69) is 15.5 Å². The van der Waals surface area contributed by atoms with Gasteiger partial charge >= 0.3 is 0 Å². The molecule has 0 saturated carbocycles. The standard InChI is InChI=1S/C12H14ClN3O/c1-7-8(2)12(16-15-11(7)13)14-9(3)10-5-4-6-17-10/h4-6,9H,1-3H3,(H,14,16). The van der Waals surface area contributed by atoms with Gasteiger partial charge in [0.15, 0.2) is 11.0 Å². The first-order valence-electron chi connectivity index (χ1n) is 5.39. The molecule has 0 saturated heterocycles. The molecule has 90 valence electrons. The number of nitrogens with zero attached hydrogens (tertiary/aromatic N) is 2. The second-order valence-electron chi connectivity index (χ2n) is 3.97. The number of hydrogen-bond acceptors (Lipinski definition) is 4. The van der Waals surface area contributed by atoms with Gasteiger partial charge in [-0.1, -0.05) is 11.6 Å². The molecule has 0 spiro atoms. The SMILES string of the molecule is Cc1c(Cl)nnc(NC(C)c2ccco2)c1C. The van der Waals surface area contributed by atoms with Gasteiger partial charge in [0, 0.05) is 0 Å². The molecule has 2 aromatic heterocycles. The van der Waals surface area contributed by atoms with E-state index >= 15 is 0 Å². The molecule has 0 aliphatic rings. The van der Waals surface area contributed by atoms with Crippen molar-refractivity contribution in [1.82, 2.24) is 10.2 Å². The summed E-state index contributed by atoms with van der Waals surface area (Å²) in [6, 6.07) is 3.82. The Kier molecular flexibility index (Phi) is 3.33. The van der Waals surface area contributed by atoms with Crippen molar-refractivity contribution < 1.29 is 4.42 Å². The van der Waals surface area contributed by atoms with Crippen LogP contribution in [0, 0.1) is 13.8 Å². The van der Waals surface area contributed by atoms with Crippen LogP contribution in [0.25, 0.3) is 0 Å². The highest BCUT2D eigenvalue weighted by Gasteiger charge is 2.13. The number of rotatable bonds is 3. The highest BCUT2D eigenvalue weighted by Crippen LogP contribution is 2.24. The second-order valence-corrected chi connectivity index (χ2v) is 4.33. The number of aromatic nitrogens is 2. The van der Waals surface area contributed by atoms with E-state index in [0.29, 0.717) is 5.15 Å². The van der Waals surface area contributed by atoms with Crippen LogP contribution in [-0.2, 0) is 0 Å². The summed E-state index contributed by atoms with van der Waals surface area (Å²) < 4.78 is 5.32. The molecule has 0 radical (unpaired) electrons. The molecule has 1 unspecified atom stereocenters. The van der Waals surface area contributed by atoms with Crippen molar-refractivity contribution in [2.24, 2.45) is 0 Å². The maximum atomic E-state index is 5.90. The minimum absolute atomic E-state index is 0.0403. The van der Waals surface area contributed by atoms with Crippen LogP contribution in [0.1, 0.15) is 29.9 Å². The average Bonchev–Trinajstić information content (AvgIpc) is 2.83. The molecular formula is C12H14ClN3O. The Bertz CT molecular complexity index is 511. The monoisotopic (exact) mass is 251 g/mol. The van der Waals surface area contributed by atoms with E-state index in [-0.39, 0.29) is 6.04 Å². The summed E-state index contributed by atoms with van der Waals surface area (Å²) in [5, 5.41) is 11.6. The van der Waals surface area contributed by atoms with Crippen molar-refractivity contribution in [2.75, 3.05) is 5.32 Å². The number of furan rings is 1. The first kappa shape index (κ1) is 11.9. The van der Waals surface area contributed by atoms with Crippen LogP contribution in [-0.4, -0.2) is 10.2 Å². The molecule has 0 aliphatic carbocycles. The Morgan fingerprint density at radius 3 is 2.71 bits per heavy atom. The summed E-state index contributed by atoms with van der Waals surface area (Å²) in [6.07, 6.45) is 1.65. The lowest BCUT2D eigenvalue weighted by Gasteiger charge is -2.14. The minimum atomic E-state index is 0.0403. The summed E-state index contributed by atoms with van der Waals surface area (Å²) in [6.45, 7) is 5.89. The van der Waals surface area contributed by atoms with Crippen LogP contribution < -0.4 is 5.32 Å². The van der Waals surface area contributed by atoms with Gasteiger partial charge < -0.3 is 9.73 Å². The second kappa shape index (κ2) is 4.75. The van der Waals surface area contributed by atoms with Crippen molar-refractivity contribution in [3.8, 4) is 0 Å². The van der Waals surface area contributed by atoms with E-state index in [0.717, 1.165) is 22.7 Å². The molecule has 2 aromatic rings. The Hall–Kier alpha value is -1.55. The molecular weight excluding hydrogens is 238 g/mol. The molecule has 2 heterocycles. The van der Waals surface area contributed by atoms with Crippen LogP contribution in [0.15, 0.2) is 22.8 Å². The third kappa shape index (κ3) is 2.42. The summed E-state index contributed by atoms with van der Waals surface area (Å²) in [5.74, 6) is 1.59. The van der Waals surface area contributed by atoms with Crippen LogP contribution in [0.5, 0.6) is 0 Å². The van der Waals surface area contributed by atoms with E-state index in [1.165, 1.54) is 0 Å². The van der Waals surface area contributed by atoms with E-state index < -0.39 is 0 Å². The number of nitrogens with one attached hydrogen (secondary N) is 1. The predicted octanol–water partition coefficient (Wildman–Crippen LogP) is 3.51. The summed E-state index contributed by atoms with van der Waals surface area (Å²) in [4.78, 5) is 0. The predicted molar refractivity (Wildman–Crippen MR) is 67.3 cm³/mol. The topological polar surface area (TPSA) is 51.0 Å². The van der Waals surface area contributed by atoms with Crippen molar-refractivity contribution in [2.45, 2.75) is 26.8 Å². The fourth-order valence-corrected chi connectivity index (χ4v) is 1.71. The van der Waals surface area contributed by atoms with Crippen molar-refractivity contribution >= 4 is 17.4 Å². The van der Waals surface area contributed by atoms with Gasteiger partial charge in [0.05, 0.1) is 12.3 Å². The Morgan fingerprint density at radius 1 is 1.29 bits per heavy atom. The number of halogens is 1. The largest absolute Gasteiger partial charge is 0.467 e. The van der Waals surface area contributed by atoms with Gasteiger partial charge in [0.25, 0.3) is 0 Å². The Labute approximate surface area is 105 Å². The highest BCUT2D eigenvalue weighted by molar-refractivity contribution is 6.30. The lowest BCUT2D eigenvalue weighted by molar-refractivity contribution is 0.490. The van der Waals surface area contributed by atoms with Crippen LogP contribution >= 0.6 is 11.6 Å². The molecule has 0 amide bonds. The molecule has 2 rings (SSSR count). The maximum Gasteiger partial charge on any atom is 0.155 e. The van der Waals surface area contributed by atoms with Gasteiger partial charge in [0.2, 0.25) is 0 Å². The van der Waals surface area contributed by atoms with Crippen molar-refractivity contribution in [3.05, 3.63) is 40.4 Å². The van der Waals surface area contributed by atoms with E-state index in [4.69, 9.17) is 16.0 Å². The van der Waals surface area contributed by atoms with E-state index in [1.54, 1.807) is 6.26 Å². The molecule has 1 N–H and O–H groups in total. The molecule has 1 atom stereocenters. The van der Waals surface area contributed by atoms with Crippen LogP contribution in [0.2, 0.25) is 5.15 Å². The smallest absolute Gasteiger partial charge is 0.155 e. The van der Waals surface area contributed by atoms with E-state index in [1.807, 2.05) is 32.9 Å². The zero-order valence-electron chi connectivity index (χ0n) is 9.99. The summed E-state index contributed by atoms with van der Waals surface area (Å²) >= 11 is 5.90. The van der Waals surface area contributed by atoms with Gasteiger partial charge in [-0.25, -0.2) is 0 Å². The Balaban J connectivity index is 2.22. The third-order valence-corrected chi connectivity index (χ3v) is 3.15. The molecule has 0 aromatic carbocycles. The van der Waals surface area contributed by atoms with Gasteiger partial charge in [0.1, 0.15) is 5.76 Å². The number of hydrogen-bond donors (Lipinski definition) is 1. The zero-order chi connectivity index (χ0) is 12.4. The zero-order valence-corrected chi connectivity index (χ0v) is 10.7. The molecule has 17 heavy (non-hydrogen) atoms. The minimum Gasteiger partial charge on any atom is -0.467 e. The molecule has 5 heteroatoms. The fourth-order valence-electron chi connectivity index (χ4n) is 1.53. The normalized spacial score (nSPS) is 12.5. The maximum absolute atomic E-state index is 5.90. The van der Waals surface area contributed by atoms with Gasteiger partial charge in [-0.15, -0.1) is 10.2 Å². The first-order chi connectivity index (χ1) is 8.09. The van der Waals surface area contributed by atoms with Gasteiger partial charge in [-0.2, -0.15) is 0 Å².